The van der Waals surface area contributed by atoms with Gasteiger partial charge >= 0.3 is 17.9 Å². The minimum absolute atomic E-state index is 0.0768. The third-order valence-electron chi connectivity index (χ3n) is 3.90. The minimum Gasteiger partial charge on any atom is -0.478 e. The highest BCUT2D eigenvalue weighted by Crippen LogP contribution is 2.35. The van der Waals surface area contributed by atoms with E-state index in [-0.39, 0.29) is 25.3 Å². The molecular weight excluding hydrogens is 390 g/mol. The third kappa shape index (κ3) is 10.1. The lowest BCUT2D eigenvalue weighted by Gasteiger charge is -2.25. The Morgan fingerprint density at radius 1 is 0.963 bits per heavy atom. The van der Waals surface area contributed by atoms with Crippen molar-refractivity contribution < 1.29 is 35.9 Å². The van der Waals surface area contributed by atoms with Gasteiger partial charge in [0.2, 0.25) is 10.0 Å². The number of nitrogens with one attached hydrogen (secondary N) is 1. The van der Waals surface area contributed by atoms with E-state index in [2.05, 4.69) is 0 Å². The van der Waals surface area contributed by atoms with Crippen molar-refractivity contribution >= 4 is 16.0 Å². The summed E-state index contributed by atoms with van der Waals surface area (Å²) in [5, 5.41) is 8.88. The van der Waals surface area contributed by atoms with Crippen molar-refractivity contribution in [3.05, 3.63) is 11.6 Å². The van der Waals surface area contributed by atoms with Gasteiger partial charge in [0.15, 0.2) is 0 Å². The molecule has 0 spiro atoms. The second kappa shape index (κ2) is 11.6. The highest BCUT2D eigenvalue weighted by atomic mass is 32.2. The van der Waals surface area contributed by atoms with Gasteiger partial charge in [0.25, 0.3) is 0 Å². The van der Waals surface area contributed by atoms with E-state index in [1.54, 1.807) is 6.92 Å². The van der Waals surface area contributed by atoms with Crippen molar-refractivity contribution in [2.24, 2.45) is 0 Å². The normalized spacial score (nSPS) is 13.8. The maximum absolute atomic E-state index is 13.9. The predicted octanol–water partition coefficient (Wildman–Crippen LogP) is 4.70. The van der Waals surface area contributed by atoms with E-state index >= 15 is 0 Å². The molecule has 0 aliphatic heterocycles. The van der Waals surface area contributed by atoms with E-state index in [0.29, 0.717) is 12.8 Å². The van der Waals surface area contributed by atoms with Crippen LogP contribution in [0, 0.1) is 0 Å². The van der Waals surface area contributed by atoms with Gasteiger partial charge in [-0.2, -0.15) is 17.6 Å². The fraction of sp³-hybridized carbons (Fsp3) is 0.824. The Kier molecular flexibility index (Phi) is 11.1. The number of sulfonamides is 1. The van der Waals surface area contributed by atoms with Crippen molar-refractivity contribution in [2.75, 3.05) is 5.75 Å². The third-order valence-corrected chi connectivity index (χ3v) is 5.29. The smallest absolute Gasteiger partial charge is 0.381 e. The van der Waals surface area contributed by atoms with Gasteiger partial charge in [-0.1, -0.05) is 52.4 Å². The SMILES string of the molecule is CCCCCCCCS(=O)(=O)NC(F)(F)C(F)(F)C=C(CCCC)C(=O)O. The molecule has 0 saturated heterocycles. The van der Waals surface area contributed by atoms with Gasteiger partial charge in [0.05, 0.1) is 5.75 Å². The number of hydrogen-bond donors (Lipinski definition) is 2. The Morgan fingerprint density at radius 2 is 1.48 bits per heavy atom. The summed E-state index contributed by atoms with van der Waals surface area (Å²) in [6, 6.07) is -5.12. The molecule has 0 radical (unpaired) electrons. The van der Waals surface area contributed by atoms with Crippen LogP contribution in [0.15, 0.2) is 11.6 Å². The van der Waals surface area contributed by atoms with Crippen molar-refractivity contribution in [1.82, 2.24) is 4.72 Å². The number of rotatable bonds is 15. The Labute approximate surface area is 158 Å². The first-order valence-electron chi connectivity index (χ1n) is 9.10. The molecule has 0 aliphatic rings. The van der Waals surface area contributed by atoms with Crippen LogP contribution in [-0.4, -0.2) is 37.2 Å². The van der Waals surface area contributed by atoms with Gasteiger partial charge < -0.3 is 5.11 Å². The topological polar surface area (TPSA) is 83.5 Å². The molecule has 5 nitrogen and oxygen atoms in total. The number of carbonyl (C=O) groups is 1. The fourth-order valence-corrected chi connectivity index (χ4v) is 3.52. The van der Waals surface area contributed by atoms with Gasteiger partial charge in [0.1, 0.15) is 0 Å². The second-order valence-electron chi connectivity index (χ2n) is 6.46. The van der Waals surface area contributed by atoms with Crippen LogP contribution in [0.25, 0.3) is 0 Å². The molecule has 27 heavy (non-hydrogen) atoms. The summed E-state index contributed by atoms with van der Waals surface area (Å²) in [6.45, 7) is 3.69. The van der Waals surface area contributed by atoms with Crippen LogP contribution in [0.1, 0.15) is 71.6 Å². The Hall–Kier alpha value is -1.16. The number of hydrogen-bond acceptors (Lipinski definition) is 3. The second-order valence-corrected chi connectivity index (χ2v) is 8.31. The van der Waals surface area contributed by atoms with Crippen molar-refractivity contribution in [2.45, 2.75) is 83.6 Å². The van der Waals surface area contributed by atoms with E-state index in [4.69, 9.17) is 5.11 Å². The Balaban J connectivity index is 5.00. The number of aliphatic carboxylic acids is 1. The van der Waals surface area contributed by atoms with Crippen molar-refractivity contribution in [1.29, 1.82) is 0 Å². The molecule has 0 amide bonds. The molecule has 10 heteroatoms. The molecule has 0 bridgehead atoms. The summed E-state index contributed by atoms with van der Waals surface area (Å²) in [7, 11) is -4.64. The zero-order valence-corrected chi connectivity index (χ0v) is 16.6. The average Bonchev–Trinajstić information content (AvgIpc) is 2.53. The van der Waals surface area contributed by atoms with Crippen LogP contribution in [0.3, 0.4) is 0 Å². The van der Waals surface area contributed by atoms with E-state index in [1.807, 2.05) is 6.92 Å². The Morgan fingerprint density at radius 3 is 2.00 bits per heavy atom. The molecule has 0 fully saturated rings. The zero-order valence-electron chi connectivity index (χ0n) is 15.7. The molecule has 0 aromatic carbocycles. The Bertz CT molecular complexity index is 592. The first-order valence-corrected chi connectivity index (χ1v) is 10.8. The van der Waals surface area contributed by atoms with E-state index in [0.717, 1.165) is 30.4 Å². The van der Waals surface area contributed by atoms with Crippen LogP contribution in [0.2, 0.25) is 0 Å². The van der Waals surface area contributed by atoms with Crippen LogP contribution < -0.4 is 4.72 Å². The minimum atomic E-state index is -5.12. The van der Waals surface area contributed by atoms with Gasteiger partial charge in [-0.05, 0) is 19.3 Å². The molecule has 160 valence electrons. The van der Waals surface area contributed by atoms with E-state index in [1.165, 1.54) is 0 Å². The first kappa shape index (κ1) is 25.8. The molecule has 0 unspecified atom stereocenters. The predicted molar refractivity (Wildman–Crippen MR) is 95.4 cm³/mol. The standard InChI is InChI=1S/C17H29F4NO4S/c1-3-5-7-8-9-10-12-27(25,26)22-17(20,21)16(18,19)13-14(15(23)24)11-6-4-2/h13,22H,3-12H2,1-2H3,(H,23,24). The summed E-state index contributed by atoms with van der Waals surface area (Å²) < 4.78 is 79.6. The number of unbranched alkanes of at least 4 members (excludes halogenated alkanes) is 6. The number of alkyl halides is 4. The maximum Gasteiger partial charge on any atom is 0.381 e. The van der Waals surface area contributed by atoms with E-state index < -0.39 is 39.3 Å². The van der Waals surface area contributed by atoms with Crippen LogP contribution >= 0.6 is 0 Å². The summed E-state index contributed by atoms with van der Waals surface area (Å²) in [5.41, 5.74) is -0.878. The summed E-state index contributed by atoms with van der Waals surface area (Å²) in [5.74, 6) is -7.41. The van der Waals surface area contributed by atoms with E-state index in [9.17, 15) is 30.8 Å². The first-order chi connectivity index (χ1) is 12.4. The summed E-state index contributed by atoms with van der Waals surface area (Å²) >= 11 is 0. The maximum atomic E-state index is 13.9. The molecule has 0 aliphatic carbocycles. The average molecular weight is 419 g/mol. The number of halogens is 4. The molecule has 0 heterocycles. The molecule has 0 aromatic heterocycles. The fourth-order valence-electron chi connectivity index (χ4n) is 2.30. The summed E-state index contributed by atoms with van der Waals surface area (Å²) in [4.78, 5) is 11.0. The van der Waals surface area contributed by atoms with Gasteiger partial charge in [-0.3, -0.25) is 0 Å². The molecule has 0 saturated carbocycles. The lowest BCUT2D eigenvalue weighted by Crippen LogP contribution is -2.54. The van der Waals surface area contributed by atoms with Gasteiger partial charge in [-0.15, -0.1) is 4.72 Å². The lowest BCUT2D eigenvalue weighted by molar-refractivity contribution is -0.186. The summed E-state index contributed by atoms with van der Waals surface area (Å²) in [6.07, 6.45) is 4.19. The lowest BCUT2D eigenvalue weighted by atomic mass is 10.1. The van der Waals surface area contributed by atoms with Crippen molar-refractivity contribution in [3.8, 4) is 0 Å². The quantitative estimate of drug-likeness (QED) is 0.174. The molecular formula is C17H29F4NO4S. The van der Waals surface area contributed by atoms with Crippen LogP contribution in [0.5, 0.6) is 0 Å². The largest absolute Gasteiger partial charge is 0.478 e. The molecule has 0 aromatic rings. The molecule has 2 N–H and O–H groups in total. The van der Waals surface area contributed by atoms with Crippen LogP contribution in [-0.2, 0) is 14.8 Å². The monoisotopic (exact) mass is 419 g/mol. The van der Waals surface area contributed by atoms with Gasteiger partial charge in [-0.25, -0.2) is 13.2 Å². The molecule has 0 rings (SSSR count). The van der Waals surface area contributed by atoms with Crippen molar-refractivity contribution in [3.63, 3.8) is 0 Å². The zero-order chi connectivity index (χ0) is 21.1. The number of carboxylic acids is 1. The highest BCUT2D eigenvalue weighted by molar-refractivity contribution is 7.89. The van der Waals surface area contributed by atoms with Gasteiger partial charge in [0, 0.05) is 11.6 Å². The number of carboxylic acid groups (broad SMARTS) is 1. The molecule has 0 atom stereocenters. The van der Waals surface area contributed by atoms with Crippen LogP contribution in [0.4, 0.5) is 17.6 Å². The highest BCUT2D eigenvalue weighted by Gasteiger charge is 2.57.